The minimum atomic E-state index is -4.33. The first kappa shape index (κ1) is 13.2. The van der Waals surface area contributed by atoms with Crippen LogP contribution in [0.15, 0.2) is 30.5 Å². The molecule has 0 amide bonds. The van der Waals surface area contributed by atoms with Gasteiger partial charge < -0.3 is 10.3 Å². The minimum absolute atomic E-state index is 0.314. The van der Waals surface area contributed by atoms with Gasteiger partial charge in [-0.2, -0.15) is 13.2 Å². The summed E-state index contributed by atoms with van der Waals surface area (Å²) in [6.45, 7) is 1.81. The molecule has 1 aliphatic heterocycles. The summed E-state index contributed by atoms with van der Waals surface area (Å²) in [4.78, 5) is 7.42. The molecule has 1 unspecified atom stereocenters. The SMILES string of the molecule is FC(F)(F)c1cccc(-c2cnc(C3CCNC3)[nH]2)c1. The Hall–Kier alpha value is -1.82. The van der Waals surface area contributed by atoms with Gasteiger partial charge in [0, 0.05) is 18.0 Å². The molecule has 1 saturated heterocycles. The monoisotopic (exact) mass is 281 g/mol. The van der Waals surface area contributed by atoms with Crippen molar-refractivity contribution in [2.75, 3.05) is 13.1 Å². The third-order valence-corrected chi connectivity index (χ3v) is 3.54. The largest absolute Gasteiger partial charge is 0.416 e. The van der Waals surface area contributed by atoms with E-state index in [1.807, 2.05) is 0 Å². The Morgan fingerprint density at radius 1 is 1.25 bits per heavy atom. The van der Waals surface area contributed by atoms with Crippen molar-refractivity contribution in [2.45, 2.75) is 18.5 Å². The lowest BCUT2D eigenvalue weighted by Gasteiger charge is -2.08. The van der Waals surface area contributed by atoms with E-state index in [0.29, 0.717) is 17.2 Å². The second-order valence-corrected chi connectivity index (χ2v) is 4.95. The Bertz CT molecular complexity index is 598. The van der Waals surface area contributed by atoms with E-state index in [2.05, 4.69) is 15.3 Å². The molecule has 0 saturated carbocycles. The number of alkyl halides is 3. The van der Waals surface area contributed by atoms with Crippen LogP contribution in [0, 0.1) is 0 Å². The van der Waals surface area contributed by atoms with Gasteiger partial charge in [-0.15, -0.1) is 0 Å². The summed E-state index contributed by atoms with van der Waals surface area (Å²) in [6.07, 6.45) is -1.73. The summed E-state index contributed by atoms with van der Waals surface area (Å²) >= 11 is 0. The van der Waals surface area contributed by atoms with Crippen LogP contribution in [-0.2, 0) is 6.18 Å². The number of hydrogen-bond donors (Lipinski definition) is 2. The van der Waals surface area contributed by atoms with E-state index >= 15 is 0 Å². The van der Waals surface area contributed by atoms with Crippen LogP contribution in [0.3, 0.4) is 0 Å². The predicted octanol–water partition coefficient (Wildman–Crippen LogP) is 3.17. The van der Waals surface area contributed by atoms with Gasteiger partial charge >= 0.3 is 6.18 Å². The third kappa shape index (κ3) is 2.56. The number of benzene rings is 1. The van der Waals surface area contributed by atoms with E-state index in [0.717, 1.165) is 37.5 Å². The second-order valence-electron chi connectivity index (χ2n) is 4.95. The van der Waals surface area contributed by atoms with E-state index in [-0.39, 0.29) is 0 Å². The smallest absolute Gasteiger partial charge is 0.342 e. The van der Waals surface area contributed by atoms with Gasteiger partial charge in [-0.1, -0.05) is 12.1 Å². The number of halogens is 3. The van der Waals surface area contributed by atoms with Crippen LogP contribution in [0.2, 0.25) is 0 Å². The van der Waals surface area contributed by atoms with Gasteiger partial charge in [-0.05, 0) is 25.1 Å². The number of rotatable bonds is 2. The highest BCUT2D eigenvalue weighted by molar-refractivity contribution is 5.59. The van der Waals surface area contributed by atoms with Gasteiger partial charge in [0.25, 0.3) is 0 Å². The minimum Gasteiger partial charge on any atom is -0.342 e. The van der Waals surface area contributed by atoms with Crippen molar-refractivity contribution in [2.24, 2.45) is 0 Å². The number of aromatic amines is 1. The number of aromatic nitrogens is 2. The highest BCUT2D eigenvalue weighted by Crippen LogP contribution is 2.32. The molecule has 2 heterocycles. The average molecular weight is 281 g/mol. The normalized spacial score (nSPS) is 19.4. The number of nitrogens with zero attached hydrogens (tertiary/aromatic N) is 1. The number of nitrogens with one attached hydrogen (secondary N) is 2. The first-order valence-corrected chi connectivity index (χ1v) is 6.47. The van der Waals surface area contributed by atoms with Crippen molar-refractivity contribution in [3.05, 3.63) is 41.9 Å². The molecule has 3 rings (SSSR count). The van der Waals surface area contributed by atoms with Crippen LogP contribution in [-0.4, -0.2) is 23.1 Å². The lowest BCUT2D eigenvalue weighted by molar-refractivity contribution is -0.137. The van der Waals surface area contributed by atoms with Gasteiger partial charge in [0.05, 0.1) is 17.5 Å². The number of imidazole rings is 1. The van der Waals surface area contributed by atoms with E-state index in [1.54, 1.807) is 12.3 Å². The van der Waals surface area contributed by atoms with Crippen LogP contribution in [0.25, 0.3) is 11.3 Å². The highest BCUT2D eigenvalue weighted by atomic mass is 19.4. The molecule has 3 nitrogen and oxygen atoms in total. The lowest BCUT2D eigenvalue weighted by Crippen LogP contribution is -2.08. The molecule has 2 aromatic rings. The molecule has 1 aliphatic rings. The molecular formula is C14H14F3N3. The zero-order chi connectivity index (χ0) is 14.2. The molecule has 1 fully saturated rings. The van der Waals surface area contributed by atoms with Gasteiger partial charge in [-0.25, -0.2) is 4.98 Å². The van der Waals surface area contributed by atoms with Gasteiger partial charge in [-0.3, -0.25) is 0 Å². The van der Waals surface area contributed by atoms with Crippen LogP contribution in [0.1, 0.15) is 23.7 Å². The molecule has 6 heteroatoms. The molecule has 20 heavy (non-hydrogen) atoms. The zero-order valence-electron chi connectivity index (χ0n) is 10.7. The van der Waals surface area contributed by atoms with E-state index in [1.165, 1.54) is 6.07 Å². The molecule has 1 aromatic carbocycles. The van der Waals surface area contributed by atoms with Crippen molar-refractivity contribution < 1.29 is 13.2 Å². The summed E-state index contributed by atoms with van der Waals surface area (Å²) < 4.78 is 38.1. The first-order valence-electron chi connectivity index (χ1n) is 6.47. The van der Waals surface area contributed by atoms with E-state index in [9.17, 15) is 13.2 Å². The third-order valence-electron chi connectivity index (χ3n) is 3.54. The number of hydrogen-bond acceptors (Lipinski definition) is 2. The van der Waals surface area contributed by atoms with Gasteiger partial charge in [0.2, 0.25) is 0 Å². The molecule has 0 radical (unpaired) electrons. The summed E-state index contributed by atoms with van der Waals surface area (Å²) in [7, 11) is 0. The van der Waals surface area contributed by atoms with Crippen molar-refractivity contribution in [3.63, 3.8) is 0 Å². The fourth-order valence-corrected chi connectivity index (χ4v) is 2.44. The first-order chi connectivity index (χ1) is 9.54. The molecule has 106 valence electrons. The topological polar surface area (TPSA) is 40.7 Å². The number of H-pyrrole nitrogens is 1. The Morgan fingerprint density at radius 3 is 2.80 bits per heavy atom. The summed E-state index contributed by atoms with van der Waals surface area (Å²) in [5, 5.41) is 3.24. The van der Waals surface area contributed by atoms with Crippen LogP contribution in [0.5, 0.6) is 0 Å². The van der Waals surface area contributed by atoms with E-state index < -0.39 is 11.7 Å². The Balaban J connectivity index is 1.89. The van der Waals surface area contributed by atoms with Crippen LogP contribution in [0.4, 0.5) is 13.2 Å². The van der Waals surface area contributed by atoms with Gasteiger partial charge in [0.1, 0.15) is 5.82 Å². The van der Waals surface area contributed by atoms with Gasteiger partial charge in [0.15, 0.2) is 0 Å². The molecule has 1 atom stereocenters. The maximum absolute atomic E-state index is 12.7. The van der Waals surface area contributed by atoms with Crippen molar-refractivity contribution in [3.8, 4) is 11.3 Å². The zero-order valence-corrected chi connectivity index (χ0v) is 10.7. The fraction of sp³-hybridized carbons (Fsp3) is 0.357. The average Bonchev–Trinajstić information content (AvgIpc) is 3.09. The Kier molecular flexibility index (Phi) is 3.25. The summed E-state index contributed by atoms with van der Waals surface area (Å²) in [6, 6.07) is 5.28. The maximum Gasteiger partial charge on any atom is 0.416 e. The lowest BCUT2D eigenvalue weighted by atomic mass is 10.1. The molecular weight excluding hydrogens is 267 g/mol. The second kappa shape index (κ2) is 4.94. The van der Waals surface area contributed by atoms with Crippen molar-refractivity contribution in [1.29, 1.82) is 0 Å². The quantitative estimate of drug-likeness (QED) is 0.887. The van der Waals surface area contributed by atoms with Crippen LogP contribution < -0.4 is 5.32 Å². The molecule has 0 bridgehead atoms. The standard InChI is InChI=1S/C14H14F3N3/c15-14(16,17)11-3-1-2-9(6-11)12-8-19-13(20-12)10-4-5-18-7-10/h1-3,6,8,10,18H,4-5,7H2,(H,19,20). The van der Waals surface area contributed by atoms with E-state index in [4.69, 9.17) is 0 Å². The molecule has 0 spiro atoms. The predicted molar refractivity (Wildman–Crippen MR) is 69.3 cm³/mol. The maximum atomic E-state index is 12.7. The molecule has 2 N–H and O–H groups in total. The highest BCUT2D eigenvalue weighted by Gasteiger charge is 2.30. The summed E-state index contributed by atoms with van der Waals surface area (Å²) in [5.74, 6) is 1.15. The molecule has 1 aromatic heterocycles. The summed E-state index contributed by atoms with van der Waals surface area (Å²) in [5.41, 5.74) is 0.483. The fourth-order valence-electron chi connectivity index (χ4n) is 2.44. The van der Waals surface area contributed by atoms with Crippen molar-refractivity contribution >= 4 is 0 Å². The Morgan fingerprint density at radius 2 is 2.10 bits per heavy atom. The van der Waals surface area contributed by atoms with Crippen molar-refractivity contribution in [1.82, 2.24) is 15.3 Å². The molecule has 0 aliphatic carbocycles. The van der Waals surface area contributed by atoms with Crippen LogP contribution >= 0.6 is 0 Å². The Labute approximate surface area is 114 Å².